The first kappa shape index (κ1) is 20.2. The van der Waals surface area contributed by atoms with Crippen LogP contribution in [0.5, 0.6) is 0 Å². The highest BCUT2D eigenvalue weighted by Gasteiger charge is 2.28. The van der Waals surface area contributed by atoms with Gasteiger partial charge in [0.15, 0.2) is 0 Å². The van der Waals surface area contributed by atoms with Gasteiger partial charge in [-0.3, -0.25) is 4.79 Å². The minimum Gasteiger partial charge on any atom is -0.444 e. The second-order valence-corrected chi connectivity index (χ2v) is 9.93. The van der Waals surface area contributed by atoms with Crippen LogP contribution in [-0.4, -0.2) is 59.3 Å². The number of H-pyrrole nitrogens is 1. The summed E-state index contributed by atoms with van der Waals surface area (Å²) in [6.07, 6.45) is 3.33. The number of rotatable bonds is 2. The molecule has 152 valence electrons. The Morgan fingerprint density at radius 3 is 2.50 bits per heavy atom. The average molecular weight is 408 g/mol. The van der Waals surface area contributed by atoms with E-state index in [1.54, 1.807) is 11.0 Å². The van der Waals surface area contributed by atoms with E-state index < -0.39 is 15.4 Å². The Morgan fingerprint density at radius 2 is 1.93 bits per heavy atom. The highest BCUT2D eigenvalue weighted by Crippen LogP contribution is 2.28. The van der Waals surface area contributed by atoms with Crippen molar-refractivity contribution in [2.45, 2.75) is 50.3 Å². The second-order valence-electron chi connectivity index (χ2n) is 8.02. The van der Waals surface area contributed by atoms with E-state index in [2.05, 4.69) is 15.0 Å². The van der Waals surface area contributed by atoms with E-state index in [0.29, 0.717) is 36.9 Å². The number of pyridine rings is 1. The fourth-order valence-corrected chi connectivity index (χ4v) is 3.68. The molecule has 10 heteroatoms. The summed E-state index contributed by atoms with van der Waals surface area (Å²) in [5, 5.41) is 0.241. The van der Waals surface area contributed by atoms with Crippen LogP contribution in [0.4, 0.5) is 4.79 Å². The van der Waals surface area contributed by atoms with E-state index in [1.807, 2.05) is 20.8 Å². The number of fused-ring (bicyclic) bond motifs is 1. The molecule has 1 aliphatic heterocycles. The van der Waals surface area contributed by atoms with Gasteiger partial charge in [0.2, 0.25) is 15.0 Å². The number of aromatic nitrogens is 3. The first-order chi connectivity index (χ1) is 12.9. The van der Waals surface area contributed by atoms with Crippen LogP contribution in [0.1, 0.15) is 45.1 Å². The van der Waals surface area contributed by atoms with E-state index in [1.165, 1.54) is 6.20 Å². The molecule has 0 atom stereocenters. The summed E-state index contributed by atoms with van der Waals surface area (Å²) >= 11 is 0. The van der Waals surface area contributed by atoms with Crippen molar-refractivity contribution in [3.05, 3.63) is 28.2 Å². The van der Waals surface area contributed by atoms with Gasteiger partial charge in [-0.2, -0.15) is 0 Å². The summed E-state index contributed by atoms with van der Waals surface area (Å²) in [7, 11) is -3.56. The molecule has 2 aromatic rings. The molecule has 1 saturated heterocycles. The molecule has 1 aliphatic rings. The highest BCUT2D eigenvalue weighted by atomic mass is 32.2. The topological polar surface area (TPSA) is 122 Å². The van der Waals surface area contributed by atoms with Crippen LogP contribution in [0.25, 0.3) is 11.0 Å². The van der Waals surface area contributed by atoms with Crippen molar-refractivity contribution in [2.75, 3.05) is 19.3 Å². The Balaban J connectivity index is 1.79. The molecule has 0 saturated carbocycles. The van der Waals surface area contributed by atoms with E-state index in [-0.39, 0.29) is 28.4 Å². The number of carbonyl (C=O) groups excluding carboxylic acids is 1. The zero-order chi connectivity index (χ0) is 20.7. The molecule has 3 rings (SSSR count). The normalized spacial score (nSPS) is 16.4. The Bertz CT molecular complexity index is 1060. The molecular weight excluding hydrogens is 384 g/mol. The summed E-state index contributed by atoms with van der Waals surface area (Å²) in [5.74, 6) is -0.0126. The Hall–Kier alpha value is -2.49. The minimum atomic E-state index is -3.56. The number of aromatic amines is 1. The Morgan fingerprint density at radius 1 is 1.29 bits per heavy atom. The molecule has 0 aliphatic carbocycles. The largest absolute Gasteiger partial charge is 0.444 e. The molecule has 0 spiro atoms. The summed E-state index contributed by atoms with van der Waals surface area (Å²) in [4.78, 5) is 36.8. The van der Waals surface area contributed by atoms with Crippen molar-refractivity contribution in [1.82, 2.24) is 19.9 Å². The summed E-state index contributed by atoms with van der Waals surface area (Å²) < 4.78 is 28.6. The van der Waals surface area contributed by atoms with Crippen LogP contribution in [0.3, 0.4) is 0 Å². The van der Waals surface area contributed by atoms with Crippen molar-refractivity contribution < 1.29 is 17.9 Å². The SMILES string of the molecule is CC(C)(C)OC(=O)N1CCC(c2cc3cnc(S(C)(=O)=O)nc3[nH]c2=O)CC1. The first-order valence-corrected chi connectivity index (χ1v) is 10.9. The zero-order valence-corrected chi connectivity index (χ0v) is 17.2. The maximum absolute atomic E-state index is 12.5. The van der Waals surface area contributed by atoms with Crippen molar-refractivity contribution in [1.29, 1.82) is 0 Å². The smallest absolute Gasteiger partial charge is 0.410 e. The van der Waals surface area contributed by atoms with Crippen molar-refractivity contribution >= 4 is 27.0 Å². The van der Waals surface area contributed by atoms with E-state index in [9.17, 15) is 18.0 Å². The molecule has 0 aromatic carbocycles. The van der Waals surface area contributed by atoms with Gasteiger partial charge in [-0.25, -0.2) is 23.2 Å². The fourth-order valence-electron chi connectivity index (χ4n) is 3.17. The summed E-state index contributed by atoms with van der Waals surface area (Å²) in [6.45, 7) is 6.47. The molecule has 3 heterocycles. The highest BCUT2D eigenvalue weighted by molar-refractivity contribution is 7.90. The van der Waals surface area contributed by atoms with Gasteiger partial charge in [-0.05, 0) is 45.6 Å². The molecular formula is C18H24N4O5S. The molecule has 1 amide bonds. The quantitative estimate of drug-likeness (QED) is 0.752. The molecule has 2 aromatic heterocycles. The van der Waals surface area contributed by atoms with Gasteiger partial charge in [0, 0.05) is 36.5 Å². The third-order valence-electron chi connectivity index (χ3n) is 4.52. The minimum absolute atomic E-state index is 0.0126. The van der Waals surface area contributed by atoms with Crippen LogP contribution < -0.4 is 5.56 Å². The van der Waals surface area contributed by atoms with Crippen molar-refractivity contribution in [2.24, 2.45) is 0 Å². The van der Waals surface area contributed by atoms with Crippen molar-refractivity contribution in [3.8, 4) is 0 Å². The number of nitrogens with one attached hydrogen (secondary N) is 1. The number of ether oxygens (including phenoxy) is 1. The van der Waals surface area contributed by atoms with E-state index in [0.717, 1.165) is 6.26 Å². The van der Waals surface area contributed by atoms with Gasteiger partial charge in [0.05, 0.1) is 0 Å². The van der Waals surface area contributed by atoms with E-state index >= 15 is 0 Å². The lowest BCUT2D eigenvalue weighted by Gasteiger charge is -2.33. The lowest BCUT2D eigenvalue weighted by molar-refractivity contribution is 0.0204. The predicted molar refractivity (Wildman–Crippen MR) is 103 cm³/mol. The van der Waals surface area contributed by atoms with Crippen LogP contribution in [0.15, 0.2) is 22.2 Å². The number of hydrogen-bond acceptors (Lipinski definition) is 7. The van der Waals surface area contributed by atoms with Gasteiger partial charge >= 0.3 is 6.09 Å². The predicted octanol–water partition coefficient (Wildman–Crippen LogP) is 1.84. The molecule has 0 unspecified atom stereocenters. The number of likely N-dealkylation sites (tertiary alicyclic amines) is 1. The van der Waals surface area contributed by atoms with Crippen molar-refractivity contribution in [3.63, 3.8) is 0 Å². The molecule has 1 N–H and O–H groups in total. The number of nitrogens with zero attached hydrogens (tertiary/aromatic N) is 3. The second kappa shape index (κ2) is 7.16. The lowest BCUT2D eigenvalue weighted by atomic mass is 9.90. The van der Waals surface area contributed by atoms with Crippen LogP contribution in [-0.2, 0) is 14.6 Å². The lowest BCUT2D eigenvalue weighted by Crippen LogP contribution is -2.41. The summed E-state index contributed by atoms with van der Waals surface area (Å²) in [5.41, 5.74) is -0.0717. The third-order valence-corrected chi connectivity index (χ3v) is 5.38. The molecule has 28 heavy (non-hydrogen) atoms. The number of piperidine rings is 1. The van der Waals surface area contributed by atoms with Gasteiger partial charge in [-0.15, -0.1) is 0 Å². The van der Waals surface area contributed by atoms with Gasteiger partial charge < -0.3 is 14.6 Å². The zero-order valence-electron chi connectivity index (χ0n) is 16.4. The van der Waals surface area contributed by atoms with Crippen LogP contribution in [0, 0.1) is 0 Å². The molecule has 1 fully saturated rings. The molecule has 0 bridgehead atoms. The average Bonchev–Trinajstić information content (AvgIpc) is 2.58. The third kappa shape index (κ3) is 4.49. The van der Waals surface area contributed by atoms with E-state index in [4.69, 9.17) is 4.74 Å². The number of sulfone groups is 1. The van der Waals surface area contributed by atoms with Gasteiger partial charge in [0.1, 0.15) is 11.2 Å². The fraction of sp³-hybridized carbons (Fsp3) is 0.556. The van der Waals surface area contributed by atoms with Gasteiger partial charge in [-0.1, -0.05) is 0 Å². The molecule has 9 nitrogen and oxygen atoms in total. The number of carbonyl (C=O) groups is 1. The number of amides is 1. The maximum Gasteiger partial charge on any atom is 0.410 e. The van der Waals surface area contributed by atoms with Gasteiger partial charge in [0.25, 0.3) is 5.56 Å². The first-order valence-electron chi connectivity index (χ1n) is 9.02. The maximum atomic E-state index is 12.5. The standard InChI is InChI=1S/C18H24N4O5S/c1-18(2,3)27-17(24)22-7-5-11(6-8-22)13-9-12-10-19-16(28(4,25)26)21-14(12)20-15(13)23/h9-11H,5-8H2,1-4H3,(H,19,20,21,23). The Kier molecular flexibility index (Phi) is 5.18. The monoisotopic (exact) mass is 408 g/mol. The summed E-state index contributed by atoms with van der Waals surface area (Å²) in [6, 6.07) is 1.70. The Labute approximate surface area is 163 Å². The number of hydrogen-bond donors (Lipinski definition) is 1. The van der Waals surface area contributed by atoms with Crippen LogP contribution in [0.2, 0.25) is 0 Å². The molecule has 0 radical (unpaired) electrons. The van der Waals surface area contributed by atoms with Crippen LogP contribution >= 0.6 is 0 Å².